The monoisotopic (exact) mass is 216 g/mol. The van der Waals surface area contributed by atoms with Gasteiger partial charge >= 0.3 is 0 Å². The van der Waals surface area contributed by atoms with Crippen LogP contribution in [-0.2, 0) is 11.2 Å². The zero-order valence-corrected chi connectivity index (χ0v) is 9.90. The van der Waals surface area contributed by atoms with E-state index in [2.05, 4.69) is 18.9 Å². The number of carbonyl (C=O) groups is 1. The summed E-state index contributed by atoms with van der Waals surface area (Å²) in [5, 5.41) is 4.53. The third-order valence-corrected chi connectivity index (χ3v) is 2.65. The molecule has 0 saturated heterocycles. The van der Waals surface area contributed by atoms with Gasteiger partial charge in [-0.25, -0.2) is 4.52 Å². The molecule has 0 aliphatic rings. The molecule has 0 atom stereocenters. The first-order valence-corrected chi connectivity index (χ1v) is 5.55. The molecule has 0 aliphatic carbocycles. The summed E-state index contributed by atoms with van der Waals surface area (Å²) in [6, 6.07) is 5.93. The first kappa shape index (κ1) is 10.9. The van der Waals surface area contributed by atoms with E-state index in [1.165, 1.54) is 0 Å². The second-order valence-corrected chi connectivity index (χ2v) is 4.43. The summed E-state index contributed by atoms with van der Waals surface area (Å²) in [6.45, 7) is 5.83. The molecule has 2 aromatic heterocycles. The lowest BCUT2D eigenvalue weighted by atomic mass is 10.0. The van der Waals surface area contributed by atoms with Crippen LogP contribution in [0, 0.1) is 0 Å². The molecule has 0 N–H and O–H groups in total. The van der Waals surface area contributed by atoms with Crippen molar-refractivity contribution in [2.75, 3.05) is 0 Å². The minimum absolute atomic E-state index is 0.181. The highest BCUT2D eigenvalue weighted by Crippen LogP contribution is 2.23. The second-order valence-electron chi connectivity index (χ2n) is 4.43. The van der Waals surface area contributed by atoms with Gasteiger partial charge in [-0.15, -0.1) is 0 Å². The van der Waals surface area contributed by atoms with E-state index in [1.807, 2.05) is 28.9 Å². The summed E-state index contributed by atoms with van der Waals surface area (Å²) in [5.74, 6) is 0.523. The summed E-state index contributed by atoms with van der Waals surface area (Å²) in [5.41, 5.74) is 3.14. The molecule has 0 amide bonds. The average Bonchev–Trinajstić information content (AvgIpc) is 2.57. The van der Waals surface area contributed by atoms with E-state index in [9.17, 15) is 4.79 Å². The fourth-order valence-electron chi connectivity index (χ4n) is 1.96. The quantitative estimate of drug-likeness (QED) is 0.790. The van der Waals surface area contributed by atoms with Crippen LogP contribution in [0.1, 0.15) is 37.9 Å². The van der Waals surface area contributed by atoms with Crippen molar-refractivity contribution in [3.63, 3.8) is 0 Å². The van der Waals surface area contributed by atoms with Crippen LogP contribution < -0.4 is 0 Å². The number of hydrogen-bond donors (Lipinski definition) is 0. The molecule has 0 radical (unpaired) electrons. The van der Waals surface area contributed by atoms with E-state index < -0.39 is 0 Å². The third-order valence-electron chi connectivity index (χ3n) is 2.65. The molecule has 3 heteroatoms. The van der Waals surface area contributed by atoms with Crippen LogP contribution in [0.15, 0.2) is 24.4 Å². The number of hydrogen-bond acceptors (Lipinski definition) is 2. The molecule has 2 heterocycles. The number of rotatable bonds is 3. The molecule has 0 aromatic carbocycles. The molecule has 16 heavy (non-hydrogen) atoms. The number of aromatic nitrogens is 2. The van der Waals surface area contributed by atoms with Crippen LogP contribution in [0.2, 0.25) is 0 Å². The molecular formula is C13H16N2O. The van der Waals surface area contributed by atoms with Crippen molar-refractivity contribution in [1.82, 2.24) is 9.61 Å². The summed E-state index contributed by atoms with van der Waals surface area (Å²) >= 11 is 0. The SMILES string of the molecule is CC(=O)Cc1c(C(C)C)nn2ccccc12. The van der Waals surface area contributed by atoms with Crippen LogP contribution >= 0.6 is 0 Å². The van der Waals surface area contributed by atoms with E-state index in [0.29, 0.717) is 12.3 Å². The van der Waals surface area contributed by atoms with Crippen LogP contribution in [-0.4, -0.2) is 15.4 Å². The Kier molecular flexibility index (Phi) is 2.77. The Balaban J connectivity index is 2.64. The highest BCUT2D eigenvalue weighted by atomic mass is 16.1. The number of carbonyl (C=O) groups excluding carboxylic acids is 1. The Labute approximate surface area is 95.1 Å². The van der Waals surface area contributed by atoms with Gasteiger partial charge < -0.3 is 0 Å². The molecule has 2 rings (SSSR count). The average molecular weight is 216 g/mol. The number of ketones is 1. The van der Waals surface area contributed by atoms with Gasteiger partial charge in [-0.3, -0.25) is 4.79 Å². The molecule has 2 aromatic rings. The summed E-state index contributed by atoms with van der Waals surface area (Å²) in [6.07, 6.45) is 2.39. The molecule has 0 fully saturated rings. The molecule has 84 valence electrons. The van der Waals surface area contributed by atoms with E-state index in [1.54, 1.807) is 6.92 Å². The van der Waals surface area contributed by atoms with Gasteiger partial charge in [0.15, 0.2) is 0 Å². The van der Waals surface area contributed by atoms with Gasteiger partial charge in [-0.2, -0.15) is 5.10 Å². The maximum absolute atomic E-state index is 11.3. The maximum atomic E-state index is 11.3. The van der Waals surface area contributed by atoms with Crippen molar-refractivity contribution in [1.29, 1.82) is 0 Å². The van der Waals surface area contributed by atoms with Crippen LogP contribution in [0.3, 0.4) is 0 Å². The fourth-order valence-corrected chi connectivity index (χ4v) is 1.96. The minimum Gasteiger partial charge on any atom is -0.300 e. The van der Waals surface area contributed by atoms with E-state index in [4.69, 9.17) is 0 Å². The van der Waals surface area contributed by atoms with Crippen molar-refractivity contribution >= 4 is 11.3 Å². The summed E-state index contributed by atoms with van der Waals surface area (Å²) in [7, 11) is 0. The molecule has 3 nitrogen and oxygen atoms in total. The zero-order chi connectivity index (χ0) is 11.7. The van der Waals surface area contributed by atoms with Crippen molar-refractivity contribution < 1.29 is 4.79 Å². The highest BCUT2D eigenvalue weighted by molar-refractivity contribution is 5.81. The zero-order valence-electron chi connectivity index (χ0n) is 9.90. The largest absolute Gasteiger partial charge is 0.300 e. The lowest BCUT2D eigenvalue weighted by Gasteiger charge is -2.03. The smallest absolute Gasteiger partial charge is 0.134 e. The van der Waals surface area contributed by atoms with Gasteiger partial charge in [-0.1, -0.05) is 19.9 Å². The van der Waals surface area contributed by atoms with Gasteiger partial charge in [0, 0.05) is 18.2 Å². The maximum Gasteiger partial charge on any atom is 0.134 e. The second kappa shape index (κ2) is 4.08. The Morgan fingerprint density at radius 3 is 2.81 bits per heavy atom. The summed E-state index contributed by atoms with van der Waals surface area (Å²) < 4.78 is 1.85. The normalized spacial score (nSPS) is 11.2. The van der Waals surface area contributed by atoms with Crippen molar-refractivity contribution in [2.45, 2.75) is 33.1 Å². The van der Waals surface area contributed by atoms with Gasteiger partial charge in [0.05, 0.1) is 11.2 Å². The first-order chi connectivity index (χ1) is 7.59. The number of Topliss-reactive ketones (excluding diaryl/α,β-unsaturated/α-hetero) is 1. The Morgan fingerprint density at radius 1 is 1.44 bits per heavy atom. The third kappa shape index (κ3) is 1.85. The number of fused-ring (bicyclic) bond motifs is 1. The minimum atomic E-state index is 0.181. The lowest BCUT2D eigenvalue weighted by Crippen LogP contribution is -2.00. The Morgan fingerprint density at radius 2 is 2.19 bits per heavy atom. The predicted molar refractivity (Wildman–Crippen MR) is 63.7 cm³/mol. The van der Waals surface area contributed by atoms with E-state index in [-0.39, 0.29) is 5.78 Å². The topological polar surface area (TPSA) is 34.4 Å². The molecule has 0 saturated carbocycles. The standard InChI is InChI=1S/C13H16N2O/c1-9(2)13-11(8-10(3)16)12-6-4-5-7-15(12)14-13/h4-7,9H,8H2,1-3H3. The summed E-state index contributed by atoms with van der Waals surface area (Å²) in [4.78, 5) is 11.3. The highest BCUT2D eigenvalue weighted by Gasteiger charge is 2.16. The van der Waals surface area contributed by atoms with Crippen LogP contribution in [0.5, 0.6) is 0 Å². The Bertz CT molecular complexity index is 526. The van der Waals surface area contributed by atoms with Gasteiger partial charge in [0.2, 0.25) is 0 Å². The predicted octanol–water partition coefficient (Wildman–Crippen LogP) is 2.59. The van der Waals surface area contributed by atoms with E-state index >= 15 is 0 Å². The van der Waals surface area contributed by atoms with Crippen molar-refractivity contribution in [2.24, 2.45) is 0 Å². The lowest BCUT2D eigenvalue weighted by molar-refractivity contribution is -0.116. The van der Waals surface area contributed by atoms with Gasteiger partial charge in [-0.05, 0) is 25.0 Å². The molecule has 0 unspecified atom stereocenters. The van der Waals surface area contributed by atoms with Gasteiger partial charge in [0.1, 0.15) is 5.78 Å². The number of nitrogens with zero attached hydrogens (tertiary/aromatic N) is 2. The van der Waals surface area contributed by atoms with Crippen LogP contribution in [0.4, 0.5) is 0 Å². The van der Waals surface area contributed by atoms with Gasteiger partial charge in [0.25, 0.3) is 0 Å². The first-order valence-electron chi connectivity index (χ1n) is 5.55. The van der Waals surface area contributed by atoms with Crippen LogP contribution in [0.25, 0.3) is 5.52 Å². The van der Waals surface area contributed by atoms with Crippen molar-refractivity contribution in [3.8, 4) is 0 Å². The molecular weight excluding hydrogens is 200 g/mol. The fraction of sp³-hybridized carbons (Fsp3) is 0.385. The number of pyridine rings is 1. The Hall–Kier alpha value is -1.64. The molecule has 0 aliphatic heterocycles. The van der Waals surface area contributed by atoms with E-state index in [0.717, 1.165) is 16.8 Å². The molecule has 0 bridgehead atoms. The van der Waals surface area contributed by atoms with Crippen molar-refractivity contribution in [3.05, 3.63) is 35.7 Å². The molecule has 0 spiro atoms.